The first-order valence-electron chi connectivity index (χ1n) is 7.36. The van der Waals surface area contributed by atoms with Crippen LogP contribution in [0.4, 0.5) is 10.5 Å². The van der Waals surface area contributed by atoms with Gasteiger partial charge >= 0.3 is 6.03 Å². The minimum Gasteiger partial charge on any atom is -0.338 e. The van der Waals surface area contributed by atoms with Crippen LogP contribution >= 0.6 is 0 Å². The van der Waals surface area contributed by atoms with Crippen molar-refractivity contribution >= 4 is 11.7 Å². The molecule has 1 N–H and O–H groups in total. The van der Waals surface area contributed by atoms with E-state index in [0.717, 1.165) is 25.1 Å². The third-order valence-electron chi connectivity index (χ3n) is 3.85. The summed E-state index contributed by atoms with van der Waals surface area (Å²) in [5.41, 5.74) is 2.29. The fraction of sp³-hybridized carbons (Fsp3) is 0.375. The Kier molecular flexibility index (Phi) is 3.90. The molecule has 5 heteroatoms. The quantitative estimate of drug-likeness (QED) is 0.877. The predicted molar refractivity (Wildman–Crippen MR) is 82.3 cm³/mol. The summed E-state index contributed by atoms with van der Waals surface area (Å²) in [4.78, 5) is 18.2. The van der Waals surface area contributed by atoms with Crippen LogP contribution in [0.25, 0.3) is 0 Å². The standard InChI is InChI=1S/C16H20N4O/c1-13-11-14-5-2-3-6-15(14)20(13)16(21)18-7-4-9-19-10-8-17-12-19/h2-3,5-6,8,10,12-13H,4,7,9,11H2,1H3,(H,18,21)/t13-/m0/s1. The minimum absolute atomic E-state index is 0.00178. The average Bonchev–Trinajstić information content (AvgIpc) is 3.09. The maximum Gasteiger partial charge on any atom is 0.322 e. The number of nitrogens with zero attached hydrogens (tertiary/aromatic N) is 3. The molecule has 21 heavy (non-hydrogen) atoms. The summed E-state index contributed by atoms with van der Waals surface area (Å²) in [5, 5.41) is 3.01. The highest BCUT2D eigenvalue weighted by atomic mass is 16.2. The summed E-state index contributed by atoms with van der Waals surface area (Å²) >= 11 is 0. The smallest absolute Gasteiger partial charge is 0.322 e. The first-order chi connectivity index (χ1) is 10.3. The monoisotopic (exact) mass is 284 g/mol. The molecule has 2 aromatic rings. The number of imidazole rings is 1. The molecule has 2 amide bonds. The van der Waals surface area contributed by atoms with Crippen molar-refractivity contribution in [3.05, 3.63) is 48.5 Å². The number of rotatable bonds is 4. The van der Waals surface area contributed by atoms with Crippen LogP contribution in [0.1, 0.15) is 18.9 Å². The van der Waals surface area contributed by atoms with Crippen LogP contribution in [-0.4, -0.2) is 28.2 Å². The Bertz CT molecular complexity index is 608. The lowest BCUT2D eigenvalue weighted by Crippen LogP contribution is -2.43. The summed E-state index contributed by atoms with van der Waals surface area (Å²) in [6, 6.07) is 8.34. The van der Waals surface area contributed by atoms with Crippen molar-refractivity contribution in [2.24, 2.45) is 0 Å². The van der Waals surface area contributed by atoms with Crippen molar-refractivity contribution in [3.63, 3.8) is 0 Å². The number of anilines is 1. The Morgan fingerprint density at radius 1 is 1.43 bits per heavy atom. The maximum atomic E-state index is 12.4. The Morgan fingerprint density at radius 2 is 2.29 bits per heavy atom. The molecule has 0 aliphatic carbocycles. The summed E-state index contributed by atoms with van der Waals surface area (Å²) in [5.74, 6) is 0. The van der Waals surface area contributed by atoms with Crippen LogP contribution in [0, 0.1) is 0 Å². The second kappa shape index (κ2) is 5.99. The number of benzene rings is 1. The van der Waals surface area contributed by atoms with Crippen molar-refractivity contribution in [3.8, 4) is 0 Å². The molecule has 1 aromatic carbocycles. The van der Waals surface area contributed by atoms with Crippen molar-refractivity contribution < 1.29 is 4.79 Å². The number of nitrogens with one attached hydrogen (secondary N) is 1. The van der Waals surface area contributed by atoms with Crippen molar-refractivity contribution in [2.45, 2.75) is 32.4 Å². The van der Waals surface area contributed by atoms with Crippen molar-refractivity contribution in [1.29, 1.82) is 0 Å². The average molecular weight is 284 g/mol. The molecule has 0 saturated heterocycles. The third-order valence-corrected chi connectivity index (χ3v) is 3.85. The van der Waals surface area contributed by atoms with Gasteiger partial charge in [-0.1, -0.05) is 18.2 Å². The highest BCUT2D eigenvalue weighted by molar-refractivity contribution is 5.94. The Labute approximate surface area is 124 Å². The molecule has 0 unspecified atom stereocenters. The SMILES string of the molecule is C[C@H]1Cc2ccccc2N1C(=O)NCCCn1ccnc1. The van der Waals surface area contributed by atoms with Crippen LogP contribution in [0.15, 0.2) is 43.0 Å². The van der Waals surface area contributed by atoms with E-state index in [0.29, 0.717) is 6.54 Å². The fourth-order valence-electron chi connectivity index (χ4n) is 2.84. The van der Waals surface area contributed by atoms with E-state index in [9.17, 15) is 4.79 Å². The van der Waals surface area contributed by atoms with Crippen LogP contribution < -0.4 is 10.2 Å². The molecule has 5 nitrogen and oxygen atoms in total. The largest absolute Gasteiger partial charge is 0.338 e. The van der Waals surface area contributed by atoms with Gasteiger partial charge in [0.25, 0.3) is 0 Å². The van der Waals surface area contributed by atoms with Crippen molar-refractivity contribution in [1.82, 2.24) is 14.9 Å². The van der Waals surface area contributed by atoms with E-state index < -0.39 is 0 Å². The first kappa shape index (κ1) is 13.7. The zero-order valence-corrected chi connectivity index (χ0v) is 12.2. The van der Waals surface area contributed by atoms with Gasteiger partial charge in [-0.15, -0.1) is 0 Å². The fourth-order valence-corrected chi connectivity index (χ4v) is 2.84. The summed E-state index contributed by atoms with van der Waals surface area (Å²) in [6.07, 6.45) is 7.31. The van der Waals surface area contributed by atoms with Crippen molar-refractivity contribution in [2.75, 3.05) is 11.4 Å². The van der Waals surface area contributed by atoms with Crippen LogP contribution in [0.3, 0.4) is 0 Å². The van der Waals surface area contributed by atoms with Gasteiger partial charge in [-0.05, 0) is 31.4 Å². The second-order valence-corrected chi connectivity index (χ2v) is 5.44. The van der Waals surface area contributed by atoms with Gasteiger partial charge in [0, 0.05) is 37.2 Å². The molecule has 110 valence electrons. The number of carbonyl (C=O) groups excluding carboxylic acids is 1. The van der Waals surface area contributed by atoms with Gasteiger partial charge in [-0.3, -0.25) is 4.90 Å². The Hall–Kier alpha value is -2.30. The van der Waals surface area contributed by atoms with Gasteiger partial charge < -0.3 is 9.88 Å². The van der Waals surface area contributed by atoms with Crippen LogP contribution in [0.5, 0.6) is 0 Å². The van der Waals surface area contributed by atoms with Gasteiger partial charge in [0.1, 0.15) is 0 Å². The number of amides is 2. The minimum atomic E-state index is -0.00178. The lowest BCUT2D eigenvalue weighted by Gasteiger charge is -2.23. The molecule has 0 spiro atoms. The topological polar surface area (TPSA) is 50.2 Å². The second-order valence-electron chi connectivity index (χ2n) is 5.44. The molecular weight excluding hydrogens is 264 g/mol. The van der Waals surface area contributed by atoms with E-state index in [2.05, 4.69) is 23.3 Å². The number of para-hydroxylation sites is 1. The maximum absolute atomic E-state index is 12.4. The van der Waals surface area contributed by atoms with Gasteiger partial charge in [0.2, 0.25) is 0 Å². The lowest BCUT2D eigenvalue weighted by atomic mass is 10.1. The highest BCUT2D eigenvalue weighted by Gasteiger charge is 2.30. The number of fused-ring (bicyclic) bond motifs is 1. The van der Waals surface area contributed by atoms with Gasteiger partial charge in [-0.2, -0.15) is 0 Å². The van der Waals surface area contributed by atoms with Crippen LogP contribution in [0.2, 0.25) is 0 Å². The third kappa shape index (κ3) is 2.91. The van der Waals surface area contributed by atoms with Gasteiger partial charge in [0.05, 0.1) is 6.33 Å². The molecule has 1 aliphatic heterocycles. The molecule has 0 bridgehead atoms. The van der Waals surface area contributed by atoms with E-state index in [1.54, 1.807) is 12.5 Å². The molecule has 0 radical (unpaired) electrons. The molecule has 0 fully saturated rings. The number of urea groups is 1. The molecule has 1 aromatic heterocycles. The summed E-state index contributed by atoms with van der Waals surface area (Å²) in [7, 11) is 0. The number of carbonyl (C=O) groups is 1. The zero-order valence-electron chi connectivity index (χ0n) is 12.2. The molecule has 1 aliphatic rings. The van der Waals surface area contributed by atoms with E-state index >= 15 is 0 Å². The van der Waals surface area contributed by atoms with Gasteiger partial charge in [-0.25, -0.2) is 9.78 Å². The summed E-state index contributed by atoms with van der Waals surface area (Å²) < 4.78 is 2.01. The van der Waals surface area contributed by atoms with Gasteiger partial charge in [0.15, 0.2) is 0 Å². The summed E-state index contributed by atoms with van der Waals surface area (Å²) in [6.45, 7) is 3.62. The van der Waals surface area contributed by atoms with Crippen LogP contribution in [-0.2, 0) is 13.0 Å². The van der Waals surface area contributed by atoms with E-state index in [1.165, 1.54) is 5.56 Å². The van der Waals surface area contributed by atoms with E-state index in [1.807, 2.05) is 33.9 Å². The Morgan fingerprint density at radius 3 is 3.10 bits per heavy atom. The number of aromatic nitrogens is 2. The molecular formula is C16H20N4O. The predicted octanol–water partition coefficient (Wildman–Crippen LogP) is 2.43. The number of aryl methyl sites for hydroxylation is 1. The normalized spacial score (nSPS) is 16.8. The number of hydrogen-bond acceptors (Lipinski definition) is 2. The first-order valence-corrected chi connectivity index (χ1v) is 7.36. The lowest BCUT2D eigenvalue weighted by molar-refractivity contribution is 0.244. The highest BCUT2D eigenvalue weighted by Crippen LogP contribution is 2.31. The van der Waals surface area contributed by atoms with E-state index in [-0.39, 0.29) is 12.1 Å². The molecule has 3 rings (SSSR count). The van der Waals surface area contributed by atoms with E-state index in [4.69, 9.17) is 0 Å². The Balaban J connectivity index is 1.53. The molecule has 0 saturated carbocycles. The molecule has 1 atom stereocenters. The zero-order chi connectivity index (χ0) is 14.7. The molecule has 2 heterocycles. The number of hydrogen-bond donors (Lipinski definition) is 1.